The second kappa shape index (κ2) is 6.82. The van der Waals surface area contributed by atoms with E-state index < -0.39 is 0 Å². The summed E-state index contributed by atoms with van der Waals surface area (Å²) in [4.78, 5) is 12.0. The molecule has 1 aromatic carbocycles. The number of ether oxygens (including phenoxy) is 2. The zero-order valence-electron chi connectivity index (χ0n) is 14.1. The number of benzene rings is 1. The van der Waals surface area contributed by atoms with Crippen molar-refractivity contribution in [1.29, 1.82) is 0 Å². The van der Waals surface area contributed by atoms with Crippen molar-refractivity contribution in [3.05, 3.63) is 35.7 Å². The van der Waals surface area contributed by atoms with Crippen molar-refractivity contribution in [2.75, 3.05) is 11.9 Å². The van der Waals surface area contributed by atoms with Crippen LogP contribution in [0, 0.1) is 0 Å². The van der Waals surface area contributed by atoms with Crippen molar-refractivity contribution >= 4 is 11.7 Å². The minimum absolute atomic E-state index is 0.173. The number of rotatable bonds is 5. The molecule has 1 atom stereocenters. The van der Waals surface area contributed by atoms with Gasteiger partial charge in [-0.15, -0.1) is 0 Å². The summed E-state index contributed by atoms with van der Waals surface area (Å²) < 4.78 is 13.1. The fourth-order valence-electron chi connectivity index (χ4n) is 2.75. The monoisotopic (exact) mass is 330 g/mol. The van der Waals surface area contributed by atoms with Gasteiger partial charge in [0.25, 0.3) is 0 Å². The number of anilines is 1. The van der Waals surface area contributed by atoms with Gasteiger partial charge in [-0.3, -0.25) is 4.68 Å². The number of aryl methyl sites for hydroxylation is 1. The van der Waals surface area contributed by atoms with Crippen LogP contribution in [-0.4, -0.2) is 28.5 Å². The summed E-state index contributed by atoms with van der Waals surface area (Å²) in [5.74, 6) is 1.66. The van der Waals surface area contributed by atoms with Crippen LogP contribution >= 0.6 is 0 Å². The predicted octanol–water partition coefficient (Wildman–Crippen LogP) is 2.46. The Kier molecular flexibility index (Phi) is 4.59. The van der Waals surface area contributed by atoms with Gasteiger partial charge in [-0.2, -0.15) is 5.10 Å². The van der Waals surface area contributed by atoms with E-state index in [0.717, 1.165) is 29.0 Å². The van der Waals surface area contributed by atoms with Crippen molar-refractivity contribution in [2.24, 2.45) is 7.05 Å². The van der Waals surface area contributed by atoms with E-state index in [9.17, 15) is 4.79 Å². The van der Waals surface area contributed by atoms with Crippen LogP contribution in [0.3, 0.4) is 0 Å². The third-order valence-electron chi connectivity index (χ3n) is 3.78. The third kappa shape index (κ3) is 3.61. The highest BCUT2D eigenvalue weighted by Crippen LogP contribution is 2.35. The van der Waals surface area contributed by atoms with Crippen LogP contribution in [0.15, 0.2) is 24.5 Å². The Balaban J connectivity index is 1.67. The summed E-state index contributed by atoms with van der Waals surface area (Å²) in [7, 11) is 1.79. The van der Waals surface area contributed by atoms with Crippen LogP contribution in [0.2, 0.25) is 0 Å². The van der Waals surface area contributed by atoms with Gasteiger partial charge in [-0.25, -0.2) is 4.79 Å². The van der Waals surface area contributed by atoms with Gasteiger partial charge in [0.1, 0.15) is 17.6 Å². The summed E-state index contributed by atoms with van der Waals surface area (Å²) in [5.41, 5.74) is 2.69. The Labute approximate surface area is 140 Å². The first-order chi connectivity index (χ1) is 11.5. The summed E-state index contributed by atoms with van der Waals surface area (Å²) in [6.07, 6.45) is 4.38. The molecule has 3 rings (SSSR count). The molecule has 1 aliphatic rings. The molecule has 2 N–H and O–H groups in total. The van der Waals surface area contributed by atoms with Gasteiger partial charge in [-0.05, 0) is 26.0 Å². The summed E-state index contributed by atoms with van der Waals surface area (Å²) >= 11 is 0. The molecule has 0 spiro atoms. The van der Waals surface area contributed by atoms with E-state index in [1.54, 1.807) is 24.1 Å². The number of nitrogens with zero attached hydrogens (tertiary/aromatic N) is 2. The van der Waals surface area contributed by atoms with Gasteiger partial charge in [-0.1, -0.05) is 0 Å². The lowest BCUT2D eigenvalue weighted by atomic mass is 10.1. The molecule has 1 aliphatic heterocycles. The summed E-state index contributed by atoms with van der Waals surface area (Å²) in [5, 5.41) is 9.58. The minimum atomic E-state index is -0.291. The molecule has 7 heteroatoms. The molecule has 2 heterocycles. The van der Waals surface area contributed by atoms with Crippen LogP contribution in [0.5, 0.6) is 11.5 Å². The van der Waals surface area contributed by atoms with E-state index in [0.29, 0.717) is 18.8 Å². The molecule has 0 aliphatic carbocycles. The van der Waals surface area contributed by atoms with Crippen molar-refractivity contribution in [1.82, 2.24) is 15.1 Å². The number of carbonyl (C=O) groups excluding carboxylic acids is 1. The third-order valence-corrected chi connectivity index (χ3v) is 3.78. The topological polar surface area (TPSA) is 77.4 Å². The number of nitrogens with one attached hydrogen (secondary N) is 2. The molecule has 2 aromatic rings. The Bertz CT molecular complexity index is 741. The van der Waals surface area contributed by atoms with Gasteiger partial charge in [0.05, 0.1) is 18.5 Å². The van der Waals surface area contributed by atoms with Crippen LogP contribution in [0.1, 0.15) is 25.0 Å². The predicted molar refractivity (Wildman–Crippen MR) is 90.5 cm³/mol. The fraction of sp³-hybridized carbons (Fsp3) is 0.412. The van der Waals surface area contributed by atoms with Crippen LogP contribution < -0.4 is 20.1 Å². The van der Waals surface area contributed by atoms with E-state index in [4.69, 9.17) is 9.47 Å². The smallest absolute Gasteiger partial charge is 0.319 e. The van der Waals surface area contributed by atoms with E-state index in [1.807, 2.05) is 26.0 Å². The molecular formula is C17H22N4O3. The Morgan fingerprint density at radius 3 is 3.04 bits per heavy atom. The highest BCUT2D eigenvalue weighted by Gasteiger charge is 2.22. The first-order valence-corrected chi connectivity index (χ1v) is 8.04. The van der Waals surface area contributed by atoms with Gasteiger partial charge in [0.15, 0.2) is 0 Å². The molecule has 0 bridgehead atoms. The highest BCUT2D eigenvalue weighted by atomic mass is 16.5. The zero-order chi connectivity index (χ0) is 17.1. The number of aromatic nitrogens is 2. The molecule has 0 saturated heterocycles. The first-order valence-electron chi connectivity index (χ1n) is 8.04. The lowest BCUT2D eigenvalue weighted by molar-refractivity contribution is 0.250. The highest BCUT2D eigenvalue weighted by molar-refractivity contribution is 5.88. The quantitative estimate of drug-likeness (QED) is 0.883. The molecule has 1 aromatic heterocycles. The second-order valence-corrected chi connectivity index (χ2v) is 5.84. The number of hydrogen-bond acceptors (Lipinski definition) is 4. The van der Waals surface area contributed by atoms with E-state index in [2.05, 4.69) is 15.7 Å². The van der Waals surface area contributed by atoms with Crippen molar-refractivity contribution in [3.8, 4) is 11.5 Å². The molecule has 0 unspecified atom stereocenters. The standard InChI is InChI=1S/C17H22N4O3/c1-4-23-15-6-12-5-11(2)24-16(12)7-13(15)8-18-17(22)20-14-9-19-21(3)10-14/h6-7,9-11H,4-5,8H2,1-3H3,(H2,18,20,22)/t11-/m0/s1. The van der Waals surface area contributed by atoms with Crippen LogP contribution in [0.4, 0.5) is 10.5 Å². The minimum Gasteiger partial charge on any atom is -0.494 e. The SMILES string of the molecule is CCOc1cc2c(cc1CNC(=O)Nc1cnn(C)c1)O[C@@H](C)C2. The van der Waals surface area contributed by atoms with E-state index in [1.165, 1.54) is 0 Å². The van der Waals surface area contributed by atoms with Crippen molar-refractivity contribution in [3.63, 3.8) is 0 Å². The number of amides is 2. The first kappa shape index (κ1) is 16.2. The second-order valence-electron chi connectivity index (χ2n) is 5.84. The van der Waals surface area contributed by atoms with Gasteiger partial charge in [0, 0.05) is 37.3 Å². The molecule has 128 valence electrons. The summed E-state index contributed by atoms with van der Waals surface area (Å²) in [6.45, 7) is 4.91. The molecule has 0 fully saturated rings. The van der Waals surface area contributed by atoms with Crippen LogP contribution in [0.25, 0.3) is 0 Å². The fourth-order valence-corrected chi connectivity index (χ4v) is 2.75. The van der Waals surface area contributed by atoms with E-state index >= 15 is 0 Å². The number of fused-ring (bicyclic) bond motifs is 1. The maximum Gasteiger partial charge on any atom is 0.319 e. The van der Waals surface area contributed by atoms with Gasteiger partial charge >= 0.3 is 6.03 Å². The number of hydrogen-bond donors (Lipinski definition) is 2. The Morgan fingerprint density at radius 1 is 1.50 bits per heavy atom. The average molecular weight is 330 g/mol. The Morgan fingerprint density at radius 2 is 2.33 bits per heavy atom. The molecule has 24 heavy (non-hydrogen) atoms. The average Bonchev–Trinajstić information content (AvgIpc) is 3.09. The lowest BCUT2D eigenvalue weighted by Gasteiger charge is -2.13. The van der Waals surface area contributed by atoms with Crippen molar-refractivity contribution < 1.29 is 14.3 Å². The number of carbonyl (C=O) groups is 1. The zero-order valence-corrected chi connectivity index (χ0v) is 14.1. The molecule has 0 saturated carbocycles. The molecule has 2 amide bonds. The normalized spacial score (nSPS) is 15.5. The van der Waals surface area contributed by atoms with Gasteiger partial charge in [0.2, 0.25) is 0 Å². The van der Waals surface area contributed by atoms with Crippen molar-refractivity contribution in [2.45, 2.75) is 32.9 Å². The largest absolute Gasteiger partial charge is 0.494 e. The molecular weight excluding hydrogens is 308 g/mol. The van der Waals surface area contributed by atoms with E-state index in [-0.39, 0.29) is 12.1 Å². The molecule has 0 radical (unpaired) electrons. The van der Waals surface area contributed by atoms with Crippen LogP contribution in [-0.2, 0) is 20.0 Å². The van der Waals surface area contributed by atoms with Gasteiger partial charge < -0.3 is 20.1 Å². The summed E-state index contributed by atoms with van der Waals surface area (Å²) in [6, 6.07) is 3.67. The molecule has 7 nitrogen and oxygen atoms in total. The Hall–Kier alpha value is -2.70. The maximum absolute atomic E-state index is 12.0. The lowest BCUT2D eigenvalue weighted by Crippen LogP contribution is -2.28. The maximum atomic E-state index is 12.0. The number of urea groups is 1.